The van der Waals surface area contributed by atoms with Crippen LogP contribution in [-0.2, 0) is 11.8 Å². The second-order valence-electron chi connectivity index (χ2n) is 6.45. The van der Waals surface area contributed by atoms with Gasteiger partial charge in [-0.3, -0.25) is 0 Å². The standard InChI is InChI=1S/C16H17F5OPS3/c1-7(2)8-4-5-16(3,9(22)6-8)26-23(24)25-15-13(20)11(18)10(17)12(19)14(15)21/h8-9,22H,1,4-6H2,2-3H3/q+1/t8-,9+,16+/m0/s1. The molecule has 0 spiro atoms. The Morgan fingerprint density at radius 3 is 2.12 bits per heavy atom. The Kier molecular flexibility index (Phi) is 7.16. The minimum atomic E-state index is -2.19. The summed E-state index contributed by atoms with van der Waals surface area (Å²) in [6.45, 7) is 7.60. The molecule has 1 nitrogen and oxygen atoms in total. The molecule has 1 saturated carbocycles. The molecule has 0 saturated heterocycles. The van der Waals surface area contributed by atoms with Gasteiger partial charge >= 0.3 is 5.10 Å². The Bertz CT molecular complexity index is 731. The second-order valence-corrected chi connectivity index (χ2v) is 15.1. The zero-order chi connectivity index (χ0) is 19.8. The highest BCUT2D eigenvalue weighted by molar-refractivity contribution is 8.94. The fraction of sp³-hybridized carbons (Fsp3) is 0.500. The van der Waals surface area contributed by atoms with E-state index < -0.39 is 49.9 Å². The molecular weight excluding hydrogens is 430 g/mol. The zero-order valence-electron chi connectivity index (χ0n) is 14.0. The minimum absolute atomic E-state index is 0.192. The number of benzene rings is 1. The van der Waals surface area contributed by atoms with Crippen molar-refractivity contribution in [1.29, 1.82) is 0 Å². The summed E-state index contributed by atoms with van der Waals surface area (Å²) in [4.78, 5) is -0.969. The van der Waals surface area contributed by atoms with E-state index in [1.807, 2.05) is 6.92 Å². The van der Waals surface area contributed by atoms with Gasteiger partial charge in [0.2, 0.25) is 5.82 Å². The summed E-state index contributed by atoms with van der Waals surface area (Å²) in [5.41, 5.74) is 0.979. The Morgan fingerprint density at radius 2 is 1.65 bits per heavy atom. The van der Waals surface area contributed by atoms with E-state index >= 15 is 0 Å². The highest BCUT2D eigenvalue weighted by Gasteiger charge is 2.46. The normalized spacial score (nSPS) is 26.7. The molecule has 1 N–H and O–H groups in total. The van der Waals surface area contributed by atoms with E-state index in [0.717, 1.165) is 23.4 Å². The van der Waals surface area contributed by atoms with Crippen molar-refractivity contribution in [2.24, 2.45) is 5.92 Å². The molecule has 0 amide bonds. The number of allylic oxidation sites excluding steroid dienone is 1. The molecule has 0 heterocycles. The van der Waals surface area contributed by atoms with Crippen LogP contribution in [0.25, 0.3) is 0 Å². The number of hydrogen-bond acceptors (Lipinski definition) is 4. The van der Waals surface area contributed by atoms with Gasteiger partial charge in [0.15, 0.2) is 35.1 Å². The summed E-state index contributed by atoms with van der Waals surface area (Å²) in [7, 11) is 0. The predicted molar refractivity (Wildman–Crippen MR) is 101 cm³/mol. The van der Waals surface area contributed by atoms with Crippen molar-refractivity contribution in [2.45, 2.75) is 48.9 Å². The third-order valence-electron chi connectivity index (χ3n) is 4.52. The number of halogens is 5. The summed E-state index contributed by atoms with van der Waals surface area (Å²) in [6.07, 6.45) is 1.21. The van der Waals surface area contributed by atoms with Gasteiger partial charge in [-0.1, -0.05) is 12.2 Å². The lowest BCUT2D eigenvalue weighted by Crippen LogP contribution is -2.41. The van der Waals surface area contributed by atoms with Gasteiger partial charge in [-0.25, -0.2) is 22.0 Å². The molecule has 26 heavy (non-hydrogen) atoms. The van der Waals surface area contributed by atoms with E-state index in [4.69, 9.17) is 11.8 Å². The quantitative estimate of drug-likeness (QED) is 0.183. The highest BCUT2D eigenvalue weighted by atomic mass is 33.2. The zero-order valence-corrected chi connectivity index (χ0v) is 17.3. The topological polar surface area (TPSA) is 20.2 Å². The van der Waals surface area contributed by atoms with Gasteiger partial charge in [0.1, 0.15) is 27.7 Å². The van der Waals surface area contributed by atoms with Gasteiger partial charge in [-0.05, 0) is 39.0 Å². The fourth-order valence-corrected chi connectivity index (χ4v) is 11.5. The van der Waals surface area contributed by atoms with Crippen LogP contribution in [0.4, 0.5) is 22.0 Å². The maximum absolute atomic E-state index is 13.8. The van der Waals surface area contributed by atoms with Gasteiger partial charge in [0.25, 0.3) is 0 Å². The molecule has 1 aliphatic rings. The van der Waals surface area contributed by atoms with Crippen LogP contribution in [0.15, 0.2) is 17.0 Å². The summed E-state index contributed by atoms with van der Waals surface area (Å²) in [5.74, 6) is -9.71. The molecule has 0 aromatic heterocycles. The highest BCUT2D eigenvalue weighted by Crippen LogP contribution is 2.63. The van der Waals surface area contributed by atoms with E-state index in [1.165, 1.54) is 0 Å². The Morgan fingerprint density at radius 1 is 1.15 bits per heavy atom. The van der Waals surface area contributed by atoms with Crippen LogP contribution in [0.3, 0.4) is 0 Å². The predicted octanol–water partition coefficient (Wildman–Crippen LogP) is 6.48. The summed E-state index contributed by atoms with van der Waals surface area (Å²) in [6, 6.07) is 0. The van der Waals surface area contributed by atoms with Gasteiger partial charge in [0.05, 0.1) is 10.9 Å². The first-order chi connectivity index (χ1) is 12.0. The minimum Gasteiger partial charge on any atom is -0.392 e. The van der Waals surface area contributed by atoms with Crippen molar-refractivity contribution in [2.75, 3.05) is 0 Å². The fourth-order valence-electron chi connectivity index (χ4n) is 2.75. The number of hydrogen-bond donors (Lipinski definition) is 1. The average molecular weight is 447 g/mol. The van der Waals surface area contributed by atoms with Gasteiger partial charge in [0, 0.05) is 0 Å². The maximum Gasteiger partial charge on any atom is 0.323 e. The smallest absolute Gasteiger partial charge is 0.323 e. The molecular formula is C16H17F5OPS3+. The van der Waals surface area contributed by atoms with Gasteiger partial charge < -0.3 is 5.11 Å². The largest absolute Gasteiger partial charge is 0.392 e. The van der Waals surface area contributed by atoms with Gasteiger partial charge in [-0.15, -0.1) is 0 Å². The van der Waals surface area contributed by atoms with Crippen LogP contribution in [0.2, 0.25) is 0 Å². The molecule has 0 aliphatic heterocycles. The Labute approximate surface area is 162 Å². The third-order valence-corrected chi connectivity index (χ3v) is 11.6. The number of rotatable bonds is 5. The lowest BCUT2D eigenvalue weighted by atomic mass is 9.77. The van der Waals surface area contributed by atoms with Crippen LogP contribution < -0.4 is 0 Å². The molecule has 0 bridgehead atoms. The first kappa shape index (κ1) is 22.1. The van der Waals surface area contributed by atoms with Crippen LogP contribution in [0.5, 0.6) is 0 Å². The maximum atomic E-state index is 13.8. The lowest BCUT2D eigenvalue weighted by molar-refractivity contribution is 0.0804. The molecule has 1 aromatic rings. The number of aliphatic hydroxyl groups is 1. The van der Waals surface area contributed by atoms with E-state index in [0.29, 0.717) is 24.2 Å². The monoisotopic (exact) mass is 447 g/mol. The SMILES string of the molecule is C=C(C)[C@H]1CC[C@@](C)(S[P+](=S)Sc2c(F)c(F)c(F)c(F)c2F)[C@H](O)C1. The third kappa shape index (κ3) is 4.43. The van der Waals surface area contributed by atoms with Crippen molar-refractivity contribution < 1.29 is 27.1 Å². The van der Waals surface area contributed by atoms with Crippen molar-refractivity contribution in [3.8, 4) is 0 Å². The van der Waals surface area contributed by atoms with Crippen molar-refractivity contribution in [3.05, 3.63) is 41.2 Å². The van der Waals surface area contributed by atoms with Crippen LogP contribution in [0.1, 0.15) is 33.1 Å². The van der Waals surface area contributed by atoms with Crippen molar-refractivity contribution in [1.82, 2.24) is 0 Å². The van der Waals surface area contributed by atoms with Gasteiger partial charge in [-0.2, -0.15) is 0 Å². The Hall–Kier alpha value is -0.210. The summed E-state index contributed by atoms with van der Waals surface area (Å²) in [5, 5.41) is 8.82. The molecule has 1 aromatic carbocycles. The molecule has 2 rings (SSSR count). The van der Waals surface area contributed by atoms with Crippen LogP contribution >= 0.6 is 27.9 Å². The molecule has 1 aliphatic carbocycles. The second kappa shape index (κ2) is 8.43. The lowest BCUT2D eigenvalue weighted by Gasteiger charge is -2.38. The van der Waals surface area contributed by atoms with Crippen LogP contribution in [0, 0.1) is 35.0 Å². The first-order valence-corrected chi connectivity index (χ1v) is 12.9. The van der Waals surface area contributed by atoms with Crippen LogP contribution in [-0.4, -0.2) is 16.0 Å². The average Bonchev–Trinajstić information content (AvgIpc) is 2.57. The molecule has 144 valence electrons. The Balaban J connectivity index is 2.16. The van der Waals surface area contributed by atoms with E-state index in [9.17, 15) is 27.1 Å². The summed E-state index contributed by atoms with van der Waals surface area (Å²) >= 11 is 6.85. The first-order valence-electron chi connectivity index (χ1n) is 7.67. The van der Waals surface area contributed by atoms with E-state index in [1.54, 1.807) is 6.92 Å². The van der Waals surface area contributed by atoms with Crippen molar-refractivity contribution >= 4 is 39.7 Å². The molecule has 1 fully saturated rings. The molecule has 0 radical (unpaired) electrons. The number of aliphatic hydroxyl groups excluding tert-OH is 1. The summed E-state index contributed by atoms with van der Waals surface area (Å²) < 4.78 is 66.7. The van der Waals surface area contributed by atoms with Crippen molar-refractivity contribution in [3.63, 3.8) is 0 Å². The molecule has 4 atom stereocenters. The van der Waals surface area contributed by atoms with E-state index in [2.05, 4.69) is 6.58 Å². The van der Waals surface area contributed by atoms with E-state index in [-0.39, 0.29) is 5.92 Å². The molecule has 1 unspecified atom stereocenters. The molecule has 10 heteroatoms.